The van der Waals surface area contributed by atoms with Gasteiger partial charge in [0.2, 0.25) is 0 Å². The predicted octanol–water partition coefficient (Wildman–Crippen LogP) is 6.92. The maximum absolute atomic E-state index is 9.80. The summed E-state index contributed by atoms with van der Waals surface area (Å²) in [6.45, 7) is 5.15. The Balaban J connectivity index is 1.86. The van der Waals surface area contributed by atoms with E-state index in [1.54, 1.807) is 12.1 Å². The van der Waals surface area contributed by atoms with E-state index < -0.39 is 0 Å². The van der Waals surface area contributed by atoms with E-state index in [-0.39, 0.29) is 5.75 Å². The number of phenols is 1. The summed E-state index contributed by atoms with van der Waals surface area (Å²) in [5.74, 6) is 2.26. The quantitative estimate of drug-likeness (QED) is 0.224. The lowest BCUT2D eigenvalue weighted by Crippen LogP contribution is -2.32. The summed E-state index contributed by atoms with van der Waals surface area (Å²) in [4.78, 5) is 2.20. The second-order valence-corrected chi connectivity index (χ2v) is 8.47. The van der Waals surface area contributed by atoms with Crippen LogP contribution in [-0.2, 0) is 0 Å². The summed E-state index contributed by atoms with van der Waals surface area (Å²) in [5, 5.41) is 9.80. The van der Waals surface area contributed by atoms with Gasteiger partial charge < -0.3 is 9.84 Å². The van der Waals surface area contributed by atoms with Crippen molar-refractivity contribution in [2.24, 2.45) is 0 Å². The number of hydrogen-bond donors (Lipinski definition) is 1. The molecule has 0 unspecified atom stereocenters. The monoisotopic (exact) mass is 483 g/mol. The van der Waals surface area contributed by atoms with Gasteiger partial charge in [0, 0.05) is 31.4 Å². The van der Waals surface area contributed by atoms with Crippen molar-refractivity contribution in [2.45, 2.75) is 13.3 Å². The van der Waals surface area contributed by atoms with Gasteiger partial charge in [-0.1, -0.05) is 61.5 Å². The fourth-order valence-electron chi connectivity index (χ4n) is 3.89. The van der Waals surface area contributed by atoms with Crippen LogP contribution in [0.5, 0.6) is 11.5 Å². The Bertz CT molecular complexity index is 996. The molecule has 174 valence electrons. The number of rotatable bonds is 12. The fraction of sp³-hybridized carbons (Fsp3) is 0.286. The molecule has 5 heteroatoms. The minimum absolute atomic E-state index is 0.261. The van der Waals surface area contributed by atoms with Gasteiger partial charge in [0.25, 0.3) is 0 Å². The van der Waals surface area contributed by atoms with Crippen molar-refractivity contribution in [3.8, 4) is 11.5 Å². The van der Waals surface area contributed by atoms with Crippen molar-refractivity contribution in [2.75, 3.05) is 38.0 Å². The number of alkyl halides is 2. The Hall–Kier alpha value is -2.46. The van der Waals surface area contributed by atoms with Crippen LogP contribution in [0.25, 0.3) is 11.1 Å². The number of ether oxygens (including phenoxy) is 1. The van der Waals surface area contributed by atoms with E-state index in [4.69, 9.17) is 27.9 Å². The SMILES string of the molecule is CC/C(=C(\c1ccc(O)cc1)c1ccc(OCCN(CCCl)CCCl)cc1)c1ccccc1. The van der Waals surface area contributed by atoms with Crippen LogP contribution in [0.2, 0.25) is 0 Å². The molecule has 3 nitrogen and oxygen atoms in total. The van der Waals surface area contributed by atoms with Crippen molar-refractivity contribution in [1.82, 2.24) is 4.90 Å². The molecule has 3 aromatic carbocycles. The van der Waals surface area contributed by atoms with Crippen molar-refractivity contribution in [3.63, 3.8) is 0 Å². The third-order valence-electron chi connectivity index (χ3n) is 5.55. The maximum atomic E-state index is 9.80. The largest absolute Gasteiger partial charge is 0.508 e. The van der Waals surface area contributed by atoms with E-state index in [0.29, 0.717) is 18.4 Å². The molecule has 0 heterocycles. The smallest absolute Gasteiger partial charge is 0.119 e. The third-order valence-corrected chi connectivity index (χ3v) is 5.89. The van der Waals surface area contributed by atoms with Gasteiger partial charge in [-0.15, -0.1) is 23.2 Å². The van der Waals surface area contributed by atoms with E-state index in [1.165, 1.54) is 11.1 Å². The highest BCUT2D eigenvalue weighted by Gasteiger charge is 2.13. The number of aromatic hydroxyl groups is 1. The van der Waals surface area contributed by atoms with Crippen LogP contribution in [0.1, 0.15) is 30.0 Å². The summed E-state index contributed by atoms with van der Waals surface area (Å²) in [7, 11) is 0. The van der Waals surface area contributed by atoms with Crippen LogP contribution in [0.15, 0.2) is 78.9 Å². The number of benzene rings is 3. The highest BCUT2D eigenvalue weighted by atomic mass is 35.5. The molecule has 0 amide bonds. The molecule has 0 spiro atoms. The van der Waals surface area contributed by atoms with Crippen LogP contribution in [0.4, 0.5) is 0 Å². The summed E-state index contributed by atoms with van der Waals surface area (Å²) < 4.78 is 5.98. The Morgan fingerprint density at radius 2 is 1.33 bits per heavy atom. The number of halogens is 2. The van der Waals surface area contributed by atoms with Gasteiger partial charge in [0.1, 0.15) is 18.1 Å². The van der Waals surface area contributed by atoms with Gasteiger partial charge in [0.15, 0.2) is 0 Å². The Kier molecular flexibility index (Phi) is 10.1. The highest BCUT2D eigenvalue weighted by Crippen LogP contribution is 2.35. The number of hydrogen-bond acceptors (Lipinski definition) is 3. The second kappa shape index (κ2) is 13.3. The minimum Gasteiger partial charge on any atom is -0.508 e. The van der Waals surface area contributed by atoms with Gasteiger partial charge in [0.05, 0.1) is 0 Å². The number of allylic oxidation sites excluding steroid dienone is 1. The lowest BCUT2D eigenvalue weighted by molar-refractivity contribution is 0.224. The first kappa shape index (κ1) is 25.2. The van der Waals surface area contributed by atoms with Gasteiger partial charge in [-0.3, -0.25) is 4.90 Å². The normalized spacial score (nSPS) is 12.0. The molecule has 0 atom stereocenters. The lowest BCUT2D eigenvalue weighted by Gasteiger charge is -2.20. The zero-order valence-electron chi connectivity index (χ0n) is 19.0. The molecular formula is C28H31Cl2NO2. The van der Waals surface area contributed by atoms with E-state index in [9.17, 15) is 5.11 Å². The molecule has 0 saturated heterocycles. The molecule has 0 aliphatic rings. The molecule has 0 aliphatic heterocycles. The van der Waals surface area contributed by atoms with E-state index in [1.807, 2.05) is 30.3 Å². The zero-order chi connectivity index (χ0) is 23.5. The standard InChI is InChI=1S/C28H31Cl2NO2/c1-2-27(22-6-4-3-5-7-22)28(23-8-12-25(32)13-9-23)24-10-14-26(15-11-24)33-21-20-31(18-16-29)19-17-30/h3-15,32H,2,16-21H2,1H3/b28-27-. The van der Waals surface area contributed by atoms with Gasteiger partial charge in [-0.05, 0) is 58.5 Å². The molecule has 0 aliphatic carbocycles. The maximum Gasteiger partial charge on any atom is 0.119 e. The van der Waals surface area contributed by atoms with Crippen molar-refractivity contribution < 1.29 is 9.84 Å². The van der Waals surface area contributed by atoms with Crippen LogP contribution < -0.4 is 4.74 Å². The molecule has 0 saturated carbocycles. The molecule has 0 radical (unpaired) electrons. The average molecular weight is 484 g/mol. The molecule has 3 rings (SSSR count). The molecule has 0 fully saturated rings. The minimum atomic E-state index is 0.261. The molecular weight excluding hydrogens is 453 g/mol. The molecule has 0 aromatic heterocycles. The van der Waals surface area contributed by atoms with Gasteiger partial charge in [-0.2, -0.15) is 0 Å². The Morgan fingerprint density at radius 3 is 1.88 bits per heavy atom. The highest BCUT2D eigenvalue weighted by molar-refractivity contribution is 6.18. The van der Waals surface area contributed by atoms with E-state index in [0.717, 1.165) is 48.5 Å². The summed E-state index contributed by atoms with van der Waals surface area (Å²) in [6, 6.07) is 26.1. The molecule has 1 N–H and O–H groups in total. The van der Waals surface area contributed by atoms with Crippen molar-refractivity contribution in [3.05, 3.63) is 95.6 Å². The van der Waals surface area contributed by atoms with Crippen LogP contribution in [-0.4, -0.2) is 48.0 Å². The predicted molar refractivity (Wildman–Crippen MR) is 141 cm³/mol. The first-order valence-corrected chi connectivity index (χ1v) is 12.4. The van der Waals surface area contributed by atoms with Crippen molar-refractivity contribution in [1.29, 1.82) is 0 Å². The molecule has 0 bridgehead atoms. The van der Waals surface area contributed by atoms with Crippen LogP contribution in [0, 0.1) is 0 Å². The van der Waals surface area contributed by atoms with E-state index in [2.05, 4.69) is 48.2 Å². The summed E-state index contributed by atoms with van der Waals surface area (Å²) in [5.41, 5.74) is 5.79. The molecule has 33 heavy (non-hydrogen) atoms. The van der Waals surface area contributed by atoms with Gasteiger partial charge >= 0.3 is 0 Å². The fourth-order valence-corrected chi connectivity index (χ4v) is 4.37. The molecule has 3 aromatic rings. The topological polar surface area (TPSA) is 32.7 Å². The van der Waals surface area contributed by atoms with E-state index >= 15 is 0 Å². The van der Waals surface area contributed by atoms with Gasteiger partial charge in [-0.25, -0.2) is 0 Å². The number of nitrogens with zero attached hydrogens (tertiary/aromatic N) is 1. The first-order chi connectivity index (χ1) is 16.2. The lowest BCUT2D eigenvalue weighted by atomic mass is 9.88. The zero-order valence-corrected chi connectivity index (χ0v) is 20.5. The third kappa shape index (κ3) is 7.26. The Morgan fingerprint density at radius 1 is 0.758 bits per heavy atom. The Labute approximate surface area is 207 Å². The average Bonchev–Trinajstić information content (AvgIpc) is 2.85. The second-order valence-electron chi connectivity index (χ2n) is 7.71. The first-order valence-electron chi connectivity index (χ1n) is 11.3. The van der Waals surface area contributed by atoms with Crippen LogP contribution >= 0.6 is 23.2 Å². The van der Waals surface area contributed by atoms with Crippen molar-refractivity contribution >= 4 is 34.3 Å². The summed E-state index contributed by atoms with van der Waals surface area (Å²) in [6.07, 6.45) is 0.884. The number of phenolic OH excluding ortho intramolecular Hbond substituents is 1. The summed E-state index contributed by atoms with van der Waals surface area (Å²) >= 11 is 11.7. The van der Waals surface area contributed by atoms with Crippen LogP contribution in [0.3, 0.4) is 0 Å².